The summed E-state index contributed by atoms with van der Waals surface area (Å²) in [7, 11) is 0. The first-order valence-corrected chi connectivity index (χ1v) is 7.52. The quantitative estimate of drug-likeness (QED) is 0.879. The number of hydrogen-bond acceptors (Lipinski definition) is 2. The molecule has 24 heavy (non-hydrogen) atoms. The van der Waals surface area contributed by atoms with Crippen LogP contribution < -0.4 is 10.6 Å². The molecule has 126 valence electrons. The van der Waals surface area contributed by atoms with E-state index in [-0.39, 0.29) is 23.1 Å². The largest absolute Gasteiger partial charge is 0.352 e. The van der Waals surface area contributed by atoms with Crippen LogP contribution in [0, 0.1) is 17.6 Å². The molecule has 0 aliphatic rings. The second-order valence-electron chi connectivity index (χ2n) is 5.70. The van der Waals surface area contributed by atoms with Crippen LogP contribution in [-0.2, 0) is 0 Å². The standard InChI is InChI=1S/C18H18F2N2O2/c1-11(2)10-21-17(23)12-6-3-4-9-15(12)22-18(24)16-13(19)7-5-8-14(16)20/h3-9,11H,10H2,1-2H3,(H,21,23)(H,22,24). The Labute approximate surface area is 138 Å². The number of halogens is 2. The van der Waals surface area contributed by atoms with E-state index in [1.165, 1.54) is 18.2 Å². The topological polar surface area (TPSA) is 58.2 Å². The fraction of sp³-hybridized carbons (Fsp3) is 0.222. The fourth-order valence-electron chi connectivity index (χ4n) is 2.08. The second kappa shape index (κ2) is 7.68. The molecule has 2 aromatic rings. The summed E-state index contributed by atoms with van der Waals surface area (Å²) in [5, 5.41) is 5.13. The molecule has 4 nitrogen and oxygen atoms in total. The maximum Gasteiger partial charge on any atom is 0.261 e. The Morgan fingerprint density at radius 1 is 0.958 bits per heavy atom. The summed E-state index contributed by atoms with van der Waals surface area (Å²) >= 11 is 0. The lowest BCUT2D eigenvalue weighted by Crippen LogP contribution is -2.28. The second-order valence-corrected chi connectivity index (χ2v) is 5.70. The first-order chi connectivity index (χ1) is 11.4. The van der Waals surface area contributed by atoms with Crippen LogP contribution in [0.3, 0.4) is 0 Å². The predicted molar refractivity (Wildman–Crippen MR) is 87.9 cm³/mol. The van der Waals surface area contributed by atoms with Crippen LogP contribution >= 0.6 is 0 Å². The highest BCUT2D eigenvalue weighted by molar-refractivity contribution is 6.09. The Morgan fingerprint density at radius 3 is 2.21 bits per heavy atom. The summed E-state index contributed by atoms with van der Waals surface area (Å²) < 4.78 is 27.4. The molecule has 2 N–H and O–H groups in total. The summed E-state index contributed by atoms with van der Waals surface area (Å²) in [6.07, 6.45) is 0. The van der Waals surface area contributed by atoms with Gasteiger partial charge in [0.25, 0.3) is 11.8 Å². The van der Waals surface area contributed by atoms with Crippen LogP contribution in [0.5, 0.6) is 0 Å². The molecule has 0 radical (unpaired) electrons. The van der Waals surface area contributed by atoms with Crippen molar-refractivity contribution in [1.29, 1.82) is 0 Å². The van der Waals surface area contributed by atoms with Gasteiger partial charge in [0.05, 0.1) is 11.3 Å². The third kappa shape index (κ3) is 4.16. The van der Waals surface area contributed by atoms with Gasteiger partial charge < -0.3 is 10.6 Å². The van der Waals surface area contributed by atoms with Crippen molar-refractivity contribution in [3.8, 4) is 0 Å². The molecular weight excluding hydrogens is 314 g/mol. The first-order valence-electron chi connectivity index (χ1n) is 7.52. The zero-order valence-corrected chi connectivity index (χ0v) is 13.4. The summed E-state index contributed by atoms with van der Waals surface area (Å²) in [5.74, 6) is -2.98. The minimum Gasteiger partial charge on any atom is -0.352 e. The Kier molecular flexibility index (Phi) is 5.63. The lowest BCUT2D eigenvalue weighted by atomic mass is 10.1. The maximum atomic E-state index is 13.7. The van der Waals surface area contributed by atoms with Crippen molar-refractivity contribution in [2.75, 3.05) is 11.9 Å². The molecule has 2 aromatic carbocycles. The van der Waals surface area contributed by atoms with E-state index in [1.54, 1.807) is 12.1 Å². The maximum absolute atomic E-state index is 13.7. The average Bonchev–Trinajstić information content (AvgIpc) is 2.53. The van der Waals surface area contributed by atoms with Crippen LogP contribution in [0.1, 0.15) is 34.6 Å². The molecular formula is C18H18F2N2O2. The number of nitrogens with one attached hydrogen (secondary N) is 2. The molecule has 2 amide bonds. The number of carbonyl (C=O) groups excluding carboxylic acids is 2. The molecule has 6 heteroatoms. The molecule has 0 fully saturated rings. The van der Waals surface area contributed by atoms with Crippen molar-refractivity contribution in [3.63, 3.8) is 0 Å². The summed E-state index contributed by atoms with van der Waals surface area (Å²) in [5.41, 5.74) is -0.274. The van der Waals surface area contributed by atoms with E-state index in [0.29, 0.717) is 6.54 Å². The van der Waals surface area contributed by atoms with Gasteiger partial charge in [0.15, 0.2) is 0 Å². The van der Waals surface area contributed by atoms with Gasteiger partial charge in [0.1, 0.15) is 17.2 Å². The van der Waals surface area contributed by atoms with Crippen molar-refractivity contribution >= 4 is 17.5 Å². The minimum absolute atomic E-state index is 0.186. The average molecular weight is 332 g/mol. The van der Waals surface area contributed by atoms with Crippen molar-refractivity contribution in [3.05, 3.63) is 65.2 Å². The monoisotopic (exact) mass is 332 g/mol. The van der Waals surface area contributed by atoms with Gasteiger partial charge in [-0.05, 0) is 30.2 Å². The van der Waals surface area contributed by atoms with E-state index >= 15 is 0 Å². The Balaban J connectivity index is 2.24. The summed E-state index contributed by atoms with van der Waals surface area (Å²) in [6.45, 7) is 4.38. The first kappa shape index (κ1) is 17.6. The minimum atomic E-state index is -0.964. The molecule has 0 aliphatic carbocycles. The number of rotatable bonds is 5. The highest BCUT2D eigenvalue weighted by Gasteiger charge is 2.19. The molecule has 0 saturated heterocycles. The lowest BCUT2D eigenvalue weighted by molar-refractivity contribution is 0.0950. The molecule has 0 bridgehead atoms. The Hall–Kier alpha value is -2.76. The van der Waals surface area contributed by atoms with Gasteiger partial charge in [-0.2, -0.15) is 0 Å². The molecule has 0 spiro atoms. The molecule has 2 rings (SSSR count). The van der Waals surface area contributed by atoms with Crippen LogP contribution in [0.25, 0.3) is 0 Å². The lowest BCUT2D eigenvalue weighted by Gasteiger charge is -2.13. The van der Waals surface area contributed by atoms with Gasteiger partial charge in [0, 0.05) is 6.54 Å². The highest BCUT2D eigenvalue weighted by Crippen LogP contribution is 2.19. The number of anilines is 1. The van der Waals surface area contributed by atoms with Gasteiger partial charge in [-0.25, -0.2) is 8.78 Å². The zero-order chi connectivity index (χ0) is 17.7. The zero-order valence-electron chi connectivity index (χ0n) is 13.4. The highest BCUT2D eigenvalue weighted by atomic mass is 19.1. The van der Waals surface area contributed by atoms with Gasteiger partial charge in [-0.1, -0.05) is 32.0 Å². The van der Waals surface area contributed by atoms with E-state index < -0.39 is 23.1 Å². The SMILES string of the molecule is CC(C)CNC(=O)c1ccccc1NC(=O)c1c(F)cccc1F. The van der Waals surface area contributed by atoms with Crippen molar-refractivity contribution in [2.24, 2.45) is 5.92 Å². The van der Waals surface area contributed by atoms with E-state index in [1.807, 2.05) is 13.8 Å². The van der Waals surface area contributed by atoms with E-state index in [2.05, 4.69) is 10.6 Å². The van der Waals surface area contributed by atoms with Crippen LogP contribution in [-0.4, -0.2) is 18.4 Å². The summed E-state index contributed by atoms with van der Waals surface area (Å²) in [6, 6.07) is 9.47. The number of hydrogen-bond donors (Lipinski definition) is 2. The number of para-hydroxylation sites is 1. The number of amides is 2. The van der Waals surface area contributed by atoms with Gasteiger partial charge in [0.2, 0.25) is 0 Å². The Bertz CT molecular complexity index is 740. The number of carbonyl (C=O) groups is 2. The smallest absolute Gasteiger partial charge is 0.261 e. The summed E-state index contributed by atoms with van der Waals surface area (Å²) in [4.78, 5) is 24.4. The molecule has 0 saturated carbocycles. The third-order valence-corrected chi connectivity index (χ3v) is 3.28. The van der Waals surface area contributed by atoms with E-state index in [0.717, 1.165) is 12.1 Å². The van der Waals surface area contributed by atoms with Gasteiger partial charge in [-0.15, -0.1) is 0 Å². The normalized spacial score (nSPS) is 10.5. The third-order valence-electron chi connectivity index (χ3n) is 3.28. The fourth-order valence-corrected chi connectivity index (χ4v) is 2.08. The number of benzene rings is 2. The van der Waals surface area contributed by atoms with Gasteiger partial charge in [-0.3, -0.25) is 9.59 Å². The Morgan fingerprint density at radius 2 is 1.58 bits per heavy atom. The van der Waals surface area contributed by atoms with Crippen LogP contribution in [0.4, 0.5) is 14.5 Å². The molecule has 0 unspecified atom stereocenters. The molecule has 0 aromatic heterocycles. The molecule has 0 aliphatic heterocycles. The van der Waals surface area contributed by atoms with E-state index in [4.69, 9.17) is 0 Å². The van der Waals surface area contributed by atoms with Crippen LogP contribution in [0.2, 0.25) is 0 Å². The van der Waals surface area contributed by atoms with Gasteiger partial charge >= 0.3 is 0 Å². The van der Waals surface area contributed by atoms with Crippen molar-refractivity contribution in [2.45, 2.75) is 13.8 Å². The molecule has 0 atom stereocenters. The molecule has 0 heterocycles. The predicted octanol–water partition coefficient (Wildman–Crippen LogP) is 3.60. The van der Waals surface area contributed by atoms with Crippen molar-refractivity contribution < 1.29 is 18.4 Å². The van der Waals surface area contributed by atoms with Crippen molar-refractivity contribution in [1.82, 2.24) is 5.32 Å². The van der Waals surface area contributed by atoms with E-state index in [9.17, 15) is 18.4 Å². The van der Waals surface area contributed by atoms with Crippen LogP contribution in [0.15, 0.2) is 42.5 Å².